The van der Waals surface area contributed by atoms with Crippen molar-refractivity contribution in [2.75, 3.05) is 19.4 Å². The van der Waals surface area contributed by atoms with Crippen LogP contribution in [0.25, 0.3) is 0 Å². The highest BCUT2D eigenvalue weighted by Crippen LogP contribution is 2.27. The number of nitrogen functional groups attached to an aromatic ring is 1. The van der Waals surface area contributed by atoms with E-state index in [0.717, 1.165) is 4.31 Å². The molecule has 0 atom stereocenters. The number of aliphatic hydroxyl groups is 1. The molecule has 18 heavy (non-hydrogen) atoms. The molecule has 0 bridgehead atoms. The normalized spacial score (nSPS) is 13.0. The first kappa shape index (κ1) is 15.4. The number of anilines is 1. The van der Waals surface area contributed by atoms with E-state index in [1.54, 1.807) is 13.8 Å². The van der Waals surface area contributed by atoms with Crippen LogP contribution in [0.15, 0.2) is 27.6 Å². The lowest BCUT2D eigenvalue weighted by Crippen LogP contribution is -2.47. The molecule has 0 radical (unpaired) electrons. The Morgan fingerprint density at radius 2 is 2.00 bits per heavy atom. The number of likely N-dealkylation sites (N-methyl/N-ethyl adjacent to an activating group) is 1. The molecule has 0 spiro atoms. The van der Waals surface area contributed by atoms with Gasteiger partial charge >= 0.3 is 0 Å². The lowest BCUT2D eigenvalue weighted by Gasteiger charge is -2.32. The van der Waals surface area contributed by atoms with E-state index in [-0.39, 0.29) is 11.5 Å². The second-order valence-electron chi connectivity index (χ2n) is 4.63. The van der Waals surface area contributed by atoms with E-state index in [2.05, 4.69) is 15.9 Å². The van der Waals surface area contributed by atoms with Gasteiger partial charge in [-0.1, -0.05) is 0 Å². The predicted molar refractivity (Wildman–Crippen MR) is 74.7 cm³/mol. The molecule has 0 unspecified atom stereocenters. The molecule has 0 heterocycles. The lowest BCUT2D eigenvalue weighted by atomic mass is 10.1. The highest BCUT2D eigenvalue weighted by atomic mass is 79.9. The van der Waals surface area contributed by atoms with Crippen LogP contribution in [0.4, 0.5) is 5.69 Å². The lowest BCUT2D eigenvalue weighted by molar-refractivity contribution is 0.138. The smallest absolute Gasteiger partial charge is 0.243 e. The third-order valence-corrected chi connectivity index (χ3v) is 5.62. The first-order valence-electron chi connectivity index (χ1n) is 5.28. The molecule has 7 heteroatoms. The monoisotopic (exact) mass is 336 g/mol. The van der Waals surface area contributed by atoms with Gasteiger partial charge in [0.1, 0.15) is 0 Å². The SMILES string of the molecule is CN(C(C)(C)CO)S(=O)(=O)c1ccc(N)c(Br)c1. The molecule has 1 aromatic carbocycles. The molecular formula is C11H17BrN2O3S. The number of hydrogen-bond acceptors (Lipinski definition) is 4. The summed E-state index contributed by atoms with van der Waals surface area (Å²) in [4.78, 5) is 0.132. The van der Waals surface area contributed by atoms with Crippen LogP contribution in [-0.4, -0.2) is 37.0 Å². The fourth-order valence-electron chi connectivity index (χ4n) is 1.25. The summed E-state index contributed by atoms with van der Waals surface area (Å²) in [5, 5.41) is 9.24. The summed E-state index contributed by atoms with van der Waals surface area (Å²) in [5.74, 6) is 0. The Morgan fingerprint density at radius 3 is 2.44 bits per heavy atom. The number of benzene rings is 1. The van der Waals surface area contributed by atoms with Gasteiger partial charge in [0.25, 0.3) is 0 Å². The molecule has 0 aliphatic carbocycles. The summed E-state index contributed by atoms with van der Waals surface area (Å²) in [7, 11) is -2.22. The van der Waals surface area contributed by atoms with Gasteiger partial charge in [0.15, 0.2) is 0 Å². The topological polar surface area (TPSA) is 83.6 Å². The summed E-state index contributed by atoms with van der Waals surface area (Å²) >= 11 is 3.20. The van der Waals surface area contributed by atoms with E-state index in [1.807, 2.05) is 0 Å². The molecule has 1 rings (SSSR count). The molecule has 0 amide bonds. The van der Waals surface area contributed by atoms with Crippen molar-refractivity contribution in [2.24, 2.45) is 0 Å². The molecule has 0 saturated carbocycles. The van der Waals surface area contributed by atoms with Crippen LogP contribution in [0.1, 0.15) is 13.8 Å². The zero-order valence-corrected chi connectivity index (χ0v) is 12.9. The number of rotatable bonds is 4. The first-order chi connectivity index (χ1) is 8.13. The maximum Gasteiger partial charge on any atom is 0.243 e. The van der Waals surface area contributed by atoms with Crippen LogP contribution in [0.2, 0.25) is 0 Å². The quantitative estimate of drug-likeness (QED) is 0.814. The van der Waals surface area contributed by atoms with E-state index >= 15 is 0 Å². The maximum atomic E-state index is 12.4. The maximum absolute atomic E-state index is 12.4. The van der Waals surface area contributed by atoms with E-state index in [1.165, 1.54) is 25.2 Å². The van der Waals surface area contributed by atoms with Gasteiger partial charge in [0.05, 0.1) is 17.0 Å². The summed E-state index contributed by atoms with van der Waals surface area (Å²) in [6.45, 7) is 3.03. The third-order valence-electron chi connectivity index (χ3n) is 2.87. The summed E-state index contributed by atoms with van der Waals surface area (Å²) in [5.41, 5.74) is 5.23. The fraction of sp³-hybridized carbons (Fsp3) is 0.455. The molecular weight excluding hydrogens is 320 g/mol. The van der Waals surface area contributed by atoms with Crippen molar-refractivity contribution < 1.29 is 13.5 Å². The standard InChI is InChI=1S/C11H17BrN2O3S/c1-11(2,7-15)14(3)18(16,17)8-4-5-10(13)9(12)6-8/h4-6,15H,7,13H2,1-3H3. The Morgan fingerprint density at radius 1 is 1.44 bits per heavy atom. The number of hydrogen-bond donors (Lipinski definition) is 2. The van der Waals surface area contributed by atoms with Crippen LogP contribution in [0.3, 0.4) is 0 Å². The zero-order valence-electron chi connectivity index (χ0n) is 10.5. The van der Waals surface area contributed by atoms with Crippen molar-refractivity contribution in [1.82, 2.24) is 4.31 Å². The molecule has 102 valence electrons. The molecule has 0 fully saturated rings. The van der Waals surface area contributed by atoms with Gasteiger partial charge in [-0.2, -0.15) is 4.31 Å². The molecule has 3 N–H and O–H groups in total. The summed E-state index contributed by atoms with van der Waals surface area (Å²) in [6.07, 6.45) is 0. The number of halogens is 1. The highest BCUT2D eigenvalue weighted by molar-refractivity contribution is 9.10. The summed E-state index contributed by atoms with van der Waals surface area (Å²) in [6, 6.07) is 4.42. The average molecular weight is 337 g/mol. The van der Waals surface area contributed by atoms with Crippen molar-refractivity contribution in [2.45, 2.75) is 24.3 Å². The van der Waals surface area contributed by atoms with Crippen LogP contribution >= 0.6 is 15.9 Å². The van der Waals surface area contributed by atoms with E-state index in [0.29, 0.717) is 10.2 Å². The number of nitrogens with zero attached hydrogens (tertiary/aromatic N) is 1. The van der Waals surface area contributed by atoms with Gasteiger partial charge in [0.2, 0.25) is 10.0 Å². The van der Waals surface area contributed by atoms with Crippen molar-refractivity contribution in [3.8, 4) is 0 Å². The van der Waals surface area contributed by atoms with E-state index < -0.39 is 15.6 Å². The van der Waals surface area contributed by atoms with Crippen LogP contribution in [0.5, 0.6) is 0 Å². The largest absolute Gasteiger partial charge is 0.398 e. The molecule has 1 aromatic rings. The Kier molecular flexibility index (Phi) is 4.42. The number of nitrogens with two attached hydrogens (primary N) is 1. The first-order valence-corrected chi connectivity index (χ1v) is 7.51. The molecule has 0 aromatic heterocycles. The van der Waals surface area contributed by atoms with Crippen molar-refractivity contribution in [3.63, 3.8) is 0 Å². The van der Waals surface area contributed by atoms with Gasteiger partial charge in [-0.05, 0) is 48.0 Å². The Balaban J connectivity index is 3.26. The fourth-order valence-corrected chi connectivity index (χ4v) is 3.31. The van der Waals surface area contributed by atoms with Gasteiger partial charge in [-0.3, -0.25) is 0 Å². The Labute approximate surface area is 116 Å². The van der Waals surface area contributed by atoms with Gasteiger partial charge in [-0.15, -0.1) is 0 Å². The zero-order chi connectivity index (χ0) is 14.1. The molecule has 0 aliphatic rings. The molecule has 5 nitrogen and oxygen atoms in total. The molecule has 0 saturated heterocycles. The minimum atomic E-state index is -3.66. The Bertz CT molecular complexity index is 543. The number of aliphatic hydroxyl groups excluding tert-OH is 1. The summed E-state index contributed by atoms with van der Waals surface area (Å²) < 4.78 is 26.4. The minimum absolute atomic E-state index is 0.132. The van der Waals surface area contributed by atoms with Gasteiger partial charge < -0.3 is 10.8 Å². The van der Waals surface area contributed by atoms with Crippen molar-refractivity contribution >= 4 is 31.6 Å². The van der Waals surface area contributed by atoms with Crippen molar-refractivity contribution in [3.05, 3.63) is 22.7 Å². The average Bonchev–Trinajstić information content (AvgIpc) is 2.31. The second kappa shape index (κ2) is 5.16. The highest BCUT2D eigenvalue weighted by Gasteiger charge is 2.33. The van der Waals surface area contributed by atoms with Crippen LogP contribution < -0.4 is 5.73 Å². The minimum Gasteiger partial charge on any atom is -0.398 e. The van der Waals surface area contributed by atoms with Crippen molar-refractivity contribution in [1.29, 1.82) is 0 Å². The van der Waals surface area contributed by atoms with Crippen LogP contribution in [-0.2, 0) is 10.0 Å². The van der Waals surface area contributed by atoms with E-state index in [4.69, 9.17) is 5.73 Å². The van der Waals surface area contributed by atoms with Crippen LogP contribution in [0, 0.1) is 0 Å². The number of sulfonamides is 1. The molecule has 0 aliphatic heterocycles. The van der Waals surface area contributed by atoms with E-state index in [9.17, 15) is 13.5 Å². The van der Waals surface area contributed by atoms with Gasteiger partial charge in [-0.25, -0.2) is 8.42 Å². The predicted octanol–water partition coefficient (Wildman–Crippen LogP) is 1.42. The van der Waals surface area contributed by atoms with Gasteiger partial charge in [0, 0.05) is 17.2 Å². The second-order valence-corrected chi connectivity index (χ2v) is 7.45. The Hall–Kier alpha value is -0.630. The third kappa shape index (κ3) is 2.85.